The van der Waals surface area contributed by atoms with Gasteiger partial charge in [0.05, 0.1) is 31.8 Å². The summed E-state index contributed by atoms with van der Waals surface area (Å²) in [4.78, 5) is 9.08. The minimum absolute atomic E-state index is 0.0128. The first-order chi connectivity index (χ1) is 15.0. The van der Waals surface area contributed by atoms with E-state index in [1.54, 1.807) is 7.11 Å². The average Bonchev–Trinajstić information content (AvgIpc) is 3.07. The molecule has 2 heterocycles. The first-order valence-corrected chi connectivity index (χ1v) is 11.1. The first-order valence-electron chi connectivity index (χ1n) is 10.3. The quantitative estimate of drug-likeness (QED) is 0.339. The van der Waals surface area contributed by atoms with E-state index in [-0.39, 0.29) is 18.6 Å². The highest BCUT2D eigenvalue weighted by atomic mass is 79.9. The molecular weight excluding hydrogens is 458 g/mol. The first kappa shape index (κ1) is 21.4. The number of benzene rings is 2. The largest absolute Gasteiger partial charge is 0.496 e. The topological polar surface area (TPSA) is 98.2 Å². The second-order valence-corrected chi connectivity index (χ2v) is 8.42. The molecule has 0 aliphatic carbocycles. The molecule has 0 saturated heterocycles. The van der Waals surface area contributed by atoms with Gasteiger partial charge in [-0.2, -0.15) is 4.98 Å². The third-order valence-corrected chi connectivity index (χ3v) is 5.88. The summed E-state index contributed by atoms with van der Waals surface area (Å²) in [7, 11) is 1.67. The van der Waals surface area contributed by atoms with Gasteiger partial charge in [-0.3, -0.25) is 0 Å². The number of methoxy groups -OCH3 is 1. The summed E-state index contributed by atoms with van der Waals surface area (Å²) in [5.74, 6) is 1.63. The van der Waals surface area contributed by atoms with E-state index in [9.17, 15) is 5.11 Å². The van der Waals surface area contributed by atoms with E-state index in [0.717, 1.165) is 50.6 Å². The van der Waals surface area contributed by atoms with Crippen LogP contribution >= 0.6 is 15.9 Å². The van der Waals surface area contributed by atoms with E-state index < -0.39 is 0 Å². The number of nitrogens with zero attached hydrogens (tertiary/aromatic N) is 3. The fourth-order valence-corrected chi connectivity index (χ4v) is 4.41. The third-order valence-electron chi connectivity index (χ3n) is 5.39. The van der Waals surface area contributed by atoms with Crippen LogP contribution in [0.2, 0.25) is 0 Å². The molecule has 4 aromatic rings. The van der Waals surface area contributed by atoms with Crippen molar-refractivity contribution in [2.45, 2.75) is 32.4 Å². The van der Waals surface area contributed by atoms with Gasteiger partial charge in [0.25, 0.3) is 0 Å². The Morgan fingerprint density at radius 2 is 2.03 bits per heavy atom. The summed E-state index contributed by atoms with van der Waals surface area (Å²) in [5, 5.41) is 14.2. The van der Waals surface area contributed by atoms with Crippen molar-refractivity contribution < 1.29 is 9.84 Å². The standard InChI is InChI=1S/C23H26BrN5O2/c1-3-6-16(13-30)26-22-21-20(27-23(25)28-22)17-7-4-5-8-18(17)29(21)12-14-11-15(24)9-10-19(14)31-2/h4-5,7-11,16,30H,3,6,12-13H2,1-2H3,(H3,25,26,27,28)/t16-/m0/s1. The molecule has 1 atom stereocenters. The van der Waals surface area contributed by atoms with Crippen molar-refractivity contribution in [2.75, 3.05) is 24.8 Å². The lowest BCUT2D eigenvalue weighted by Gasteiger charge is -2.18. The van der Waals surface area contributed by atoms with E-state index in [0.29, 0.717) is 12.4 Å². The number of nitrogens with one attached hydrogen (secondary N) is 1. The van der Waals surface area contributed by atoms with Gasteiger partial charge in [0, 0.05) is 15.4 Å². The molecular formula is C23H26BrN5O2. The van der Waals surface area contributed by atoms with E-state index in [1.165, 1.54) is 0 Å². The van der Waals surface area contributed by atoms with Gasteiger partial charge in [-0.25, -0.2) is 4.98 Å². The van der Waals surface area contributed by atoms with E-state index in [2.05, 4.69) is 54.8 Å². The Kier molecular flexibility index (Phi) is 6.29. The number of aliphatic hydroxyl groups excluding tert-OH is 1. The molecule has 31 heavy (non-hydrogen) atoms. The zero-order valence-electron chi connectivity index (χ0n) is 17.6. The number of ether oxygens (including phenoxy) is 1. The highest BCUT2D eigenvalue weighted by molar-refractivity contribution is 9.10. The molecule has 0 amide bonds. The lowest BCUT2D eigenvalue weighted by atomic mass is 10.2. The SMILES string of the molecule is CCC[C@@H](CO)Nc1nc(N)nc2c3ccccc3n(Cc3cc(Br)ccc3OC)c12. The van der Waals surface area contributed by atoms with Gasteiger partial charge in [-0.15, -0.1) is 0 Å². The molecule has 2 aromatic carbocycles. The Morgan fingerprint density at radius 1 is 1.23 bits per heavy atom. The molecule has 7 nitrogen and oxygen atoms in total. The number of nitrogen functional groups attached to an aromatic ring is 1. The number of hydrogen-bond acceptors (Lipinski definition) is 6. The highest BCUT2D eigenvalue weighted by Crippen LogP contribution is 2.34. The maximum absolute atomic E-state index is 9.84. The van der Waals surface area contributed by atoms with E-state index >= 15 is 0 Å². The van der Waals surface area contributed by atoms with Crippen LogP contribution in [0.4, 0.5) is 11.8 Å². The Hall–Kier alpha value is -2.84. The summed E-state index contributed by atoms with van der Waals surface area (Å²) in [6.07, 6.45) is 1.77. The zero-order chi connectivity index (χ0) is 22.0. The number of nitrogens with two attached hydrogens (primary N) is 1. The molecule has 0 aliphatic heterocycles. The van der Waals surface area contributed by atoms with Crippen LogP contribution in [0.25, 0.3) is 21.9 Å². The predicted molar refractivity (Wildman–Crippen MR) is 129 cm³/mol. The van der Waals surface area contributed by atoms with Crippen LogP contribution in [0.1, 0.15) is 25.3 Å². The van der Waals surface area contributed by atoms with Crippen LogP contribution in [0.3, 0.4) is 0 Å². The molecule has 2 aromatic heterocycles. The average molecular weight is 484 g/mol. The molecule has 8 heteroatoms. The monoisotopic (exact) mass is 483 g/mol. The number of hydrogen-bond donors (Lipinski definition) is 3. The van der Waals surface area contributed by atoms with Gasteiger partial charge in [0.2, 0.25) is 5.95 Å². The minimum atomic E-state index is -0.116. The normalized spacial score (nSPS) is 12.4. The molecule has 0 bridgehead atoms. The molecule has 0 unspecified atom stereocenters. The molecule has 0 fully saturated rings. The Balaban J connectivity index is 1.96. The van der Waals surface area contributed by atoms with Gasteiger partial charge < -0.3 is 25.5 Å². The number of rotatable bonds is 8. The molecule has 4 rings (SSSR count). The maximum Gasteiger partial charge on any atom is 0.222 e. The second kappa shape index (κ2) is 9.11. The van der Waals surface area contributed by atoms with Gasteiger partial charge >= 0.3 is 0 Å². The number of anilines is 2. The summed E-state index contributed by atoms with van der Waals surface area (Å²) >= 11 is 3.57. The summed E-state index contributed by atoms with van der Waals surface area (Å²) in [6.45, 7) is 2.66. The Labute approximate surface area is 189 Å². The van der Waals surface area contributed by atoms with Crippen molar-refractivity contribution in [3.05, 3.63) is 52.5 Å². The number of para-hydroxylation sites is 1. The second-order valence-electron chi connectivity index (χ2n) is 7.50. The number of aliphatic hydroxyl groups is 1. The third kappa shape index (κ3) is 4.18. The molecule has 0 radical (unpaired) electrons. The van der Waals surface area contributed by atoms with Gasteiger partial charge in [-0.1, -0.05) is 47.5 Å². The maximum atomic E-state index is 9.84. The van der Waals surface area contributed by atoms with Crippen LogP contribution in [-0.4, -0.2) is 39.4 Å². The fraction of sp³-hybridized carbons (Fsp3) is 0.304. The predicted octanol–water partition coefficient (Wildman–Crippen LogP) is 4.56. The molecule has 0 aliphatic rings. The van der Waals surface area contributed by atoms with E-state index in [1.807, 2.05) is 30.3 Å². The van der Waals surface area contributed by atoms with Crippen molar-refractivity contribution in [1.29, 1.82) is 0 Å². The summed E-state index contributed by atoms with van der Waals surface area (Å²) in [6, 6.07) is 14.0. The van der Waals surface area contributed by atoms with Crippen LogP contribution < -0.4 is 15.8 Å². The van der Waals surface area contributed by atoms with Gasteiger partial charge in [-0.05, 0) is 30.7 Å². The van der Waals surface area contributed by atoms with Crippen molar-refractivity contribution in [3.8, 4) is 5.75 Å². The van der Waals surface area contributed by atoms with E-state index in [4.69, 9.17) is 10.5 Å². The minimum Gasteiger partial charge on any atom is -0.496 e. The lowest BCUT2D eigenvalue weighted by molar-refractivity contribution is 0.268. The highest BCUT2D eigenvalue weighted by Gasteiger charge is 2.20. The van der Waals surface area contributed by atoms with Gasteiger partial charge in [0.15, 0.2) is 5.82 Å². The summed E-state index contributed by atoms with van der Waals surface area (Å²) in [5.41, 5.74) is 9.76. The lowest BCUT2D eigenvalue weighted by Crippen LogP contribution is -2.25. The van der Waals surface area contributed by atoms with Crippen molar-refractivity contribution in [1.82, 2.24) is 14.5 Å². The molecule has 162 valence electrons. The molecule has 4 N–H and O–H groups in total. The number of halogens is 1. The van der Waals surface area contributed by atoms with Crippen molar-refractivity contribution >= 4 is 49.6 Å². The van der Waals surface area contributed by atoms with Crippen LogP contribution in [-0.2, 0) is 6.54 Å². The van der Waals surface area contributed by atoms with Crippen LogP contribution in [0, 0.1) is 0 Å². The smallest absolute Gasteiger partial charge is 0.222 e. The Morgan fingerprint density at radius 3 is 2.77 bits per heavy atom. The van der Waals surface area contributed by atoms with Crippen LogP contribution in [0.5, 0.6) is 5.75 Å². The van der Waals surface area contributed by atoms with Crippen molar-refractivity contribution in [3.63, 3.8) is 0 Å². The van der Waals surface area contributed by atoms with Crippen molar-refractivity contribution in [2.24, 2.45) is 0 Å². The Bertz CT molecular complexity index is 1220. The molecule has 0 spiro atoms. The fourth-order valence-electron chi connectivity index (χ4n) is 4.00. The van der Waals surface area contributed by atoms with Gasteiger partial charge in [0.1, 0.15) is 16.8 Å². The molecule has 0 saturated carbocycles. The summed E-state index contributed by atoms with van der Waals surface area (Å²) < 4.78 is 8.76. The van der Waals surface area contributed by atoms with Crippen LogP contribution in [0.15, 0.2) is 46.9 Å². The number of fused-ring (bicyclic) bond motifs is 3. The zero-order valence-corrected chi connectivity index (χ0v) is 19.2. The number of aromatic nitrogens is 3.